The van der Waals surface area contributed by atoms with Gasteiger partial charge in [0.05, 0.1) is 12.3 Å². The highest BCUT2D eigenvalue weighted by atomic mass is 32.2. The lowest BCUT2D eigenvalue weighted by molar-refractivity contribution is -0.143. The maximum atomic E-state index is 13.7. The first-order valence-electron chi connectivity index (χ1n) is 10.2. The largest absolute Gasteiger partial charge is 0.463 e. The molecule has 9 heteroatoms. The lowest BCUT2D eigenvalue weighted by atomic mass is 10.1. The topological polar surface area (TPSA) is 77.1 Å². The fraction of sp³-hybridized carbons (Fsp3) is 0.348. The van der Waals surface area contributed by atoms with Crippen LogP contribution in [0.15, 0.2) is 52.6 Å². The number of hydrogen-bond acceptors (Lipinski definition) is 6. The Morgan fingerprint density at radius 1 is 1.12 bits per heavy atom. The van der Waals surface area contributed by atoms with Crippen molar-refractivity contribution in [3.8, 4) is 0 Å². The molecule has 6 nitrogen and oxygen atoms in total. The van der Waals surface area contributed by atoms with E-state index in [9.17, 15) is 13.6 Å². The number of aromatic amines is 1. The van der Waals surface area contributed by atoms with Crippen LogP contribution in [0.2, 0.25) is 0 Å². The smallest absolute Gasteiger partial charge is 0.302 e. The molecule has 1 atom stereocenters. The monoisotopic (exact) mass is 461 g/mol. The Morgan fingerprint density at radius 3 is 2.44 bits per heavy atom. The van der Waals surface area contributed by atoms with Crippen molar-refractivity contribution in [1.82, 2.24) is 15.0 Å². The molecule has 3 rings (SSSR count). The molecule has 0 saturated heterocycles. The zero-order valence-electron chi connectivity index (χ0n) is 18.1. The summed E-state index contributed by atoms with van der Waals surface area (Å²) in [6, 6.07) is 7.18. The molecule has 0 saturated carbocycles. The molecule has 0 fully saturated rings. The van der Waals surface area contributed by atoms with Gasteiger partial charge in [0.15, 0.2) is 0 Å². The van der Waals surface area contributed by atoms with Gasteiger partial charge in [0.25, 0.3) is 0 Å². The summed E-state index contributed by atoms with van der Waals surface area (Å²) in [4.78, 5) is 23.5. The normalized spacial score (nSPS) is 12.2. The van der Waals surface area contributed by atoms with Gasteiger partial charge >= 0.3 is 5.97 Å². The van der Waals surface area contributed by atoms with E-state index >= 15 is 0 Å². The summed E-state index contributed by atoms with van der Waals surface area (Å²) in [6.07, 6.45) is 3.48. The average molecular weight is 462 g/mol. The van der Waals surface area contributed by atoms with Gasteiger partial charge in [-0.2, -0.15) is 0 Å². The van der Waals surface area contributed by atoms with Crippen molar-refractivity contribution < 1.29 is 23.0 Å². The summed E-state index contributed by atoms with van der Waals surface area (Å²) in [6.45, 7) is 5.66. The van der Waals surface area contributed by atoms with Crippen LogP contribution in [0.5, 0.6) is 0 Å². The first-order chi connectivity index (χ1) is 15.3. The van der Waals surface area contributed by atoms with Crippen LogP contribution in [0.25, 0.3) is 0 Å². The number of ether oxygens (including phenoxy) is 2. The molecule has 0 aliphatic heterocycles. The van der Waals surface area contributed by atoms with Crippen molar-refractivity contribution in [3.05, 3.63) is 71.4 Å². The Bertz CT molecular complexity index is 1020. The SMILES string of the molecule is CC(=O)OCCOC(Cc1ccncc1)c1nc(C(C)C)c(Sc2cc(F)cc(F)c2)[nH]1. The van der Waals surface area contributed by atoms with Crippen LogP contribution in [-0.4, -0.2) is 34.1 Å². The molecule has 1 N–H and O–H groups in total. The van der Waals surface area contributed by atoms with Gasteiger partial charge in [-0.05, 0) is 35.7 Å². The minimum Gasteiger partial charge on any atom is -0.463 e. The maximum Gasteiger partial charge on any atom is 0.302 e. The zero-order valence-corrected chi connectivity index (χ0v) is 18.9. The number of esters is 1. The number of nitrogens with zero attached hydrogens (tertiary/aromatic N) is 2. The average Bonchev–Trinajstić information content (AvgIpc) is 3.14. The molecule has 0 aliphatic rings. The second-order valence-electron chi connectivity index (χ2n) is 7.46. The van der Waals surface area contributed by atoms with Gasteiger partial charge in [-0.25, -0.2) is 13.8 Å². The van der Waals surface area contributed by atoms with Crippen LogP contribution in [0.3, 0.4) is 0 Å². The number of halogens is 2. The molecule has 0 amide bonds. The van der Waals surface area contributed by atoms with E-state index in [4.69, 9.17) is 14.5 Å². The van der Waals surface area contributed by atoms with E-state index in [1.165, 1.54) is 30.8 Å². The van der Waals surface area contributed by atoms with Gasteiger partial charge in [-0.3, -0.25) is 9.78 Å². The van der Waals surface area contributed by atoms with Crippen molar-refractivity contribution in [2.45, 2.75) is 49.1 Å². The number of carbonyl (C=O) groups is 1. The maximum absolute atomic E-state index is 13.7. The number of hydrogen-bond donors (Lipinski definition) is 1. The number of benzene rings is 1. The summed E-state index contributed by atoms with van der Waals surface area (Å²) >= 11 is 1.21. The summed E-state index contributed by atoms with van der Waals surface area (Å²) in [5.74, 6) is -0.984. The van der Waals surface area contributed by atoms with Crippen LogP contribution in [0.4, 0.5) is 8.78 Å². The third kappa shape index (κ3) is 6.86. The van der Waals surface area contributed by atoms with Crippen LogP contribution in [0, 0.1) is 11.6 Å². The highest BCUT2D eigenvalue weighted by Gasteiger charge is 2.22. The van der Waals surface area contributed by atoms with Crippen LogP contribution >= 0.6 is 11.8 Å². The number of H-pyrrole nitrogens is 1. The highest BCUT2D eigenvalue weighted by Crippen LogP contribution is 2.35. The fourth-order valence-electron chi connectivity index (χ4n) is 3.06. The van der Waals surface area contributed by atoms with E-state index in [2.05, 4.69) is 9.97 Å². The van der Waals surface area contributed by atoms with Crippen molar-refractivity contribution in [2.75, 3.05) is 13.2 Å². The first kappa shape index (κ1) is 23.9. The van der Waals surface area contributed by atoms with Gasteiger partial charge in [0.1, 0.15) is 35.2 Å². The molecule has 2 aromatic heterocycles. The second kappa shape index (κ2) is 11.2. The number of rotatable bonds is 10. The molecule has 32 heavy (non-hydrogen) atoms. The van der Waals surface area contributed by atoms with E-state index in [1.54, 1.807) is 12.4 Å². The van der Waals surface area contributed by atoms with Crippen molar-refractivity contribution in [1.29, 1.82) is 0 Å². The number of nitrogens with one attached hydrogen (secondary N) is 1. The van der Waals surface area contributed by atoms with E-state index in [-0.39, 0.29) is 25.1 Å². The minimum absolute atomic E-state index is 0.0727. The Balaban J connectivity index is 1.86. The van der Waals surface area contributed by atoms with E-state index in [0.29, 0.717) is 22.2 Å². The zero-order chi connectivity index (χ0) is 23.1. The predicted octanol–water partition coefficient (Wildman–Crippen LogP) is 5.22. The highest BCUT2D eigenvalue weighted by molar-refractivity contribution is 7.99. The lowest BCUT2D eigenvalue weighted by Crippen LogP contribution is -2.15. The fourth-order valence-corrected chi connectivity index (χ4v) is 4.18. The van der Waals surface area contributed by atoms with Gasteiger partial charge < -0.3 is 14.5 Å². The standard InChI is InChI=1S/C23H25F2N3O3S/c1-14(2)21-23(32-19-12-17(24)11-18(25)13-19)28-22(27-21)20(31-9-8-30-15(3)29)10-16-4-6-26-7-5-16/h4-7,11-14,20H,8-10H2,1-3H3,(H,27,28). The van der Waals surface area contributed by atoms with Gasteiger partial charge in [-0.15, -0.1) is 0 Å². The number of pyridine rings is 1. The number of aromatic nitrogens is 3. The number of imidazole rings is 1. The molecule has 0 spiro atoms. The van der Waals surface area contributed by atoms with E-state index < -0.39 is 17.7 Å². The number of carbonyl (C=O) groups excluding carboxylic acids is 1. The van der Waals surface area contributed by atoms with Crippen LogP contribution in [-0.2, 0) is 20.7 Å². The predicted molar refractivity (Wildman–Crippen MR) is 116 cm³/mol. The Labute approximate surface area is 189 Å². The molecule has 2 heterocycles. The molecule has 0 bridgehead atoms. The molecule has 0 aliphatic carbocycles. The molecular weight excluding hydrogens is 436 g/mol. The lowest BCUT2D eigenvalue weighted by Gasteiger charge is -2.16. The Hall–Kier alpha value is -2.78. The third-order valence-corrected chi connectivity index (χ3v) is 5.49. The molecule has 1 unspecified atom stereocenters. The first-order valence-corrected chi connectivity index (χ1v) is 11.0. The Morgan fingerprint density at radius 2 is 1.81 bits per heavy atom. The molecule has 170 valence electrons. The Kier molecular flexibility index (Phi) is 8.35. The molecule has 3 aromatic rings. The summed E-state index contributed by atoms with van der Waals surface area (Å²) in [5, 5.41) is 0.698. The van der Waals surface area contributed by atoms with Crippen molar-refractivity contribution in [2.24, 2.45) is 0 Å². The van der Waals surface area contributed by atoms with Gasteiger partial charge in [0, 0.05) is 36.7 Å². The van der Waals surface area contributed by atoms with E-state index in [0.717, 1.165) is 17.3 Å². The minimum atomic E-state index is -0.636. The molecular formula is C23H25F2N3O3S. The van der Waals surface area contributed by atoms with Gasteiger partial charge in [0.2, 0.25) is 0 Å². The van der Waals surface area contributed by atoms with Crippen LogP contribution in [0.1, 0.15) is 49.9 Å². The molecule has 0 radical (unpaired) electrons. The summed E-state index contributed by atoms with van der Waals surface area (Å²) in [7, 11) is 0. The molecule has 1 aromatic carbocycles. The second-order valence-corrected chi connectivity index (χ2v) is 8.54. The van der Waals surface area contributed by atoms with Gasteiger partial charge in [-0.1, -0.05) is 25.6 Å². The van der Waals surface area contributed by atoms with E-state index in [1.807, 2.05) is 26.0 Å². The summed E-state index contributed by atoms with van der Waals surface area (Å²) in [5.41, 5.74) is 1.78. The van der Waals surface area contributed by atoms with Crippen molar-refractivity contribution >= 4 is 17.7 Å². The van der Waals surface area contributed by atoms with Crippen molar-refractivity contribution in [3.63, 3.8) is 0 Å². The van der Waals surface area contributed by atoms with Crippen LogP contribution < -0.4 is 0 Å². The quantitative estimate of drug-likeness (QED) is 0.329. The third-order valence-electron chi connectivity index (χ3n) is 4.50. The summed E-state index contributed by atoms with van der Waals surface area (Å²) < 4.78 is 38.3.